The summed E-state index contributed by atoms with van der Waals surface area (Å²) in [6.45, 7) is 0.514. The maximum atomic E-state index is 13.0. The number of piperidine rings is 1. The lowest BCUT2D eigenvalue weighted by Gasteiger charge is -2.34. The van der Waals surface area contributed by atoms with Crippen molar-refractivity contribution >= 4 is 17.7 Å². The van der Waals surface area contributed by atoms with Crippen molar-refractivity contribution in [2.45, 2.75) is 37.8 Å². The van der Waals surface area contributed by atoms with Crippen molar-refractivity contribution in [3.8, 4) is 0 Å². The Morgan fingerprint density at radius 3 is 2.29 bits per heavy atom. The monoisotopic (exact) mass is 379 g/mol. The van der Waals surface area contributed by atoms with Gasteiger partial charge in [-0.2, -0.15) is 0 Å². The molecular formula is C22H25N3O3. The summed E-state index contributed by atoms with van der Waals surface area (Å²) in [5.74, 6) is -0.893. The van der Waals surface area contributed by atoms with E-state index >= 15 is 0 Å². The summed E-state index contributed by atoms with van der Waals surface area (Å²) in [6.07, 6.45) is 2.39. The maximum absolute atomic E-state index is 13.0. The fraction of sp³-hybridized carbons (Fsp3) is 0.318. The van der Waals surface area contributed by atoms with Crippen LogP contribution < -0.4 is 11.1 Å². The number of primary amides is 1. The predicted octanol–water partition coefficient (Wildman–Crippen LogP) is 2.41. The summed E-state index contributed by atoms with van der Waals surface area (Å²) in [5.41, 5.74) is 6.86. The van der Waals surface area contributed by atoms with Crippen LogP contribution in [0.4, 0.5) is 0 Å². The van der Waals surface area contributed by atoms with E-state index in [-0.39, 0.29) is 18.2 Å². The van der Waals surface area contributed by atoms with Crippen LogP contribution in [0.2, 0.25) is 0 Å². The minimum Gasteiger partial charge on any atom is -0.368 e. The van der Waals surface area contributed by atoms with Crippen molar-refractivity contribution in [2.24, 2.45) is 5.73 Å². The molecule has 146 valence electrons. The third-order valence-corrected chi connectivity index (χ3v) is 5.07. The minimum atomic E-state index is -0.567. The van der Waals surface area contributed by atoms with Crippen LogP contribution >= 0.6 is 0 Å². The molecule has 6 nitrogen and oxygen atoms in total. The Hall–Kier alpha value is -3.15. The molecule has 0 aromatic heterocycles. The van der Waals surface area contributed by atoms with Gasteiger partial charge < -0.3 is 16.0 Å². The molecule has 1 fully saturated rings. The lowest BCUT2D eigenvalue weighted by atomic mass is 9.98. The van der Waals surface area contributed by atoms with Crippen molar-refractivity contribution in [1.82, 2.24) is 10.2 Å². The van der Waals surface area contributed by atoms with Crippen LogP contribution in [0, 0.1) is 0 Å². The highest BCUT2D eigenvalue weighted by atomic mass is 16.2. The Kier molecular flexibility index (Phi) is 6.42. The number of nitrogens with zero attached hydrogens (tertiary/aromatic N) is 1. The molecule has 2 atom stereocenters. The van der Waals surface area contributed by atoms with E-state index in [9.17, 15) is 14.4 Å². The van der Waals surface area contributed by atoms with Gasteiger partial charge >= 0.3 is 0 Å². The van der Waals surface area contributed by atoms with E-state index in [1.807, 2.05) is 36.4 Å². The molecule has 1 saturated heterocycles. The van der Waals surface area contributed by atoms with E-state index in [0.29, 0.717) is 18.5 Å². The molecule has 2 unspecified atom stereocenters. The first-order chi connectivity index (χ1) is 13.6. The highest BCUT2D eigenvalue weighted by molar-refractivity contribution is 5.95. The Morgan fingerprint density at radius 2 is 1.64 bits per heavy atom. The number of amides is 3. The molecule has 0 bridgehead atoms. The summed E-state index contributed by atoms with van der Waals surface area (Å²) in [6, 6.07) is 17.2. The van der Waals surface area contributed by atoms with Gasteiger partial charge in [0.2, 0.25) is 11.8 Å². The van der Waals surface area contributed by atoms with Gasteiger partial charge in [0.05, 0.1) is 12.5 Å². The van der Waals surface area contributed by atoms with Crippen molar-refractivity contribution < 1.29 is 14.4 Å². The molecule has 0 radical (unpaired) electrons. The molecule has 6 heteroatoms. The number of nitrogens with two attached hydrogens (primary N) is 1. The second-order valence-electron chi connectivity index (χ2n) is 7.01. The predicted molar refractivity (Wildman–Crippen MR) is 106 cm³/mol. The minimum absolute atomic E-state index is 0.0758. The smallest absolute Gasteiger partial charge is 0.251 e. The third kappa shape index (κ3) is 4.76. The summed E-state index contributed by atoms with van der Waals surface area (Å²) in [5, 5.41) is 2.96. The molecule has 3 rings (SSSR count). The van der Waals surface area contributed by atoms with Gasteiger partial charge in [-0.05, 0) is 37.0 Å². The van der Waals surface area contributed by atoms with Crippen molar-refractivity contribution in [1.29, 1.82) is 0 Å². The Morgan fingerprint density at radius 1 is 1.00 bits per heavy atom. The molecule has 1 heterocycles. The van der Waals surface area contributed by atoms with Crippen LogP contribution in [-0.4, -0.2) is 35.2 Å². The number of benzene rings is 2. The molecule has 3 N–H and O–H groups in total. The molecular weight excluding hydrogens is 354 g/mol. The van der Waals surface area contributed by atoms with E-state index in [1.165, 1.54) is 0 Å². The van der Waals surface area contributed by atoms with Gasteiger partial charge in [0.1, 0.15) is 6.04 Å². The summed E-state index contributed by atoms with van der Waals surface area (Å²) < 4.78 is 0. The topological polar surface area (TPSA) is 92.5 Å². The molecule has 3 amide bonds. The lowest BCUT2D eigenvalue weighted by Crippen LogP contribution is -2.51. The van der Waals surface area contributed by atoms with E-state index in [1.54, 1.807) is 29.2 Å². The molecule has 1 aliphatic rings. The summed E-state index contributed by atoms with van der Waals surface area (Å²) in [4.78, 5) is 38.9. The summed E-state index contributed by atoms with van der Waals surface area (Å²) >= 11 is 0. The van der Waals surface area contributed by atoms with E-state index in [0.717, 1.165) is 18.4 Å². The van der Waals surface area contributed by atoms with Crippen LogP contribution in [0.15, 0.2) is 60.7 Å². The first kappa shape index (κ1) is 19.6. The van der Waals surface area contributed by atoms with Crippen molar-refractivity contribution in [2.75, 3.05) is 6.54 Å². The second kappa shape index (κ2) is 9.17. The van der Waals surface area contributed by atoms with E-state index in [2.05, 4.69) is 5.32 Å². The van der Waals surface area contributed by atoms with Crippen LogP contribution in [0.1, 0.15) is 47.6 Å². The highest BCUT2D eigenvalue weighted by Crippen LogP contribution is 2.23. The maximum Gasteiger partial charge on any atom is 0.251 e. The average molecular weight is 379 g/mol. The van der Waals surface area contributed by atoms with Crippen molar-refractivity contribution in [3.05, 3.63) is 71.8 Å². The average Bonchev–Trinajstić information content (AvgIpc) is 2.74. The molecule has 2 aromatic carbocycles. The van der Waals surface area contributed by atoms with Crippen LogP contribution in [-0.2, 0) is 9.59 Å². The van der Waals surface area contributed by atoms with Gasteiger partial charge in [0.15, 0.2) is 0 Å². The number of nitrogens with one attached hydrogen (secondary N) is 1. The summed E-state index contributed by atoms with van der Waals surface area (Å²) in [7, 11) is 0. The van der Waals surface area contributed by atoms with Gasteiger partial charge in [-0.1, -0.05) is 48.5 Å². The first-order valence-electron chi connectivity index (χ1n) is 9.56. The molecule has 2 aromatic rings. The SMILES string of the molecule is NC(=O)C1CCCCN1C(=O)CC(NC(=O)c1ccccc1)c1ccccc1. The van der Waals surface area contributed by atoms with E-state index < -0.39 is 18.0 Å². The molecule has 0 spiro atoms. The van der Waals surface area contributed by atoms with Crippen LogP contribution in [0.25, 0.3) is 0 Å². The number of hydrogen-bond donors (Lipinski definition) is 2. The molecule has 1 aliphatic heterocycles. The van der Waals surface area contributed by atoms with Gasteiger partial charge in [-0.25, -0.2) is 0 Å². The van der Waals surface area contributed by atoms with E-state index in [4.69, 9.17) is 5.73 Å². The number of likely N-dealkylation sites (tertiary alicyclic amines) is 1. The highest BCUT2D eigenvalue weighted by Gasteiger charge is 2.32. The van der Waals surface area contributed by atoms with Gasteiger partial charge in [-0.3, -0.25) is 14.4 Å². The molecule has 0 aliphatic carbocycles. The largest absolute Gasteiger partial charge is 0.368 e. The molecule has 28 heavy (non-hydrogen) atoms. The third-order valence-electron chi connectivity index (χ3n) is 5.07. The zero-order chi connectivity index (χ0) is 19.9. The van der Waals surface area contributed by atoms with Gasteiger partial charge in [0, 0.05) is 12.1 Å². The van der Waals surface area contributed by atoms with Crippen LogP contribution in [0.3, 0.4) is 0 Å². The Labute approximate surface area is 164 Å². The fourth-order valence-corrected chi connectivity index (χ4v) is 3.59. The number of hydrogen-bond acceptors (Lipinski definition) is 3. The zero-order valence-electron chi connectivity index (χ0n) is 15.7. The zero-order valence-corrected chi connectivity index (χ0v) is 15.7. The Bertz CT molecular complexity index is 823. The normalized spacial score (nSPS) is 17.6. The molecule has 0 saturated carbocycles. The second-order valence-corrected chi connectivity index (χ2v) is 7.01. The number of carbonyl (C=O) groups excluding carboxylic acids is 3. The lowest BCUT2D eigenvalue weighted by molar-refractivity contribution is -0.141. The number of carbonyl (C=O) groups is 3. The van der Waals surface area contributed by atoms with Gasteiger partial charge in [0.25, 0.3) is 5.91 Å². The number of rotatable bonds is 6. The standard InChI is InChI=1S/C22H25N3O3/c23-21(27)19-13-7-8-14-25(19)20(26)15-18(16-9-3-1-4-10-16)24-22(28)17-11-5-2-6-12-17/h1-6,9-12,18-19H,7-8,13-15H2,(H2,23,27)(H,24,28). The van der Waals surface area contributed by atoms with Crippen LogP contribution in [0.5, 0.6) is 0 Å². The Balaban J connectivity index is 1.78. The van der Waals surface area contributed by atoms with Gasteiger partial charge in [-0.15, -0.1) is 0 Å². The van der Waals surface area contributed by atoms with Crippen molar-refractivity contribution in [3.63, 3.8) is 0 Å². The quantitative estimate of drug-likeness (QED) is 0.807. The first-order valence-corrected chi connectivity index (χ1v) is 9.56. The fourth-order valence-electron chi connectivity index (χ4n) is 3.59.